The van der Waals surface area contributed by atoms with Crippen LogP contribution >= 0.6 is 15.9 Å². The van der Waals surface area contributed by atoms with Crippen LogP contribution < -0.4 is 4.72 Å². The molecule has 0 unspecified atom stereocenters. The monoisotopic (exact) mass is 408 g/mol. The molecule has 0 saturated carbocycles. The second kappa shape index (κ2) is 6.49. The number of hydrogen-bond donors (Lipinski definition) is 1. The van der Waals surface area contributed by atoms with Gasteiger partial charge in [-0.2, -0.15) is 0 Å². The van der Waals surface area contributed by atoms with Crippen molar-refractivity contribution in [1.82, 2.24) is 4.72 Å². The highest BCUT2D eigenvalue weighted by molar-refractivity contribution is 9.10. The van der Waals surface area contributed by atoms with E-state index >= 15 is 0 Å². The molecule has 3 rings (SSSR count). The highest BCUT2D eigenvalue weighted by atomic mass is 79.9. The minimum absolute atomic E-state index is 0.0631. The standard InChI is InChI=1S/C17H14BrFN2O2S/c1-11-16(12-6-4-7-14(18)9-12)24(22,23)21-17(11)20-10-13-5-2-3-8-15(13)19/h2-9H,10H2,1H3,(H,20,21). The topological polar surface area (TPSA) is 58.5 Å². The average molecular weight is 409 g/mol. The van der Waals surface area contributed by atoms with Crippen LogP contribution in [0, 0.1) is 5.82 Å². The van der Waals surface area contributed by atoms with Crippen LogP contribution in [0.15, 0.2) is 63.6 Å². The van der Waals surface area contributed by atoms with Gasteiger partial charge in [-0.3, -0.25) is 9.71 Å². The van der Waals surface area contributed by atoms with E-state index < -0.39 is 10.0 Å². The lowest BCUT2D eigenvalue weighted by atomic mass is 10.1. The molecule has 24 heavy (non-hydrogen) atoms. The summed E-state index contributed by atoms with van der Waals surface area (Å²) >= 11 is 3.34. The number of sulfonamides is 1. The number of amidine groups is 1. The van der Waals surface area contributed by atoms with Crippen LogP contribution in [0.3, 0.4) is 0 Å². The molecule has 2 aromatic rings. The number of rotatable bonds is 3. The van der Waals surface area contributed by atoms with Gasteiger partial charge in [0.25, 0.3) is 10.0 Å². The van der Waals surface area contributed by atoms with E-state index in [1.807, 2.05) is 6.07 Å². The second-order valence-corrected chi connectivity index (χ2v) is 7.86. The summed E-state index contributed by atoms with van der Waals surface area (Å²) in [4.78, 5) is 4.44. The maximum absolute atomic E-state index is 13.7. The number of nitrogens with zero attached hydrogens (tertiary/aromatic N) is 1. The predicted octanol–water partition coefficient (Wildman–Crippen LogP) is 3.85. The van der Waals surface area contributed by atoms with Crippen molar-refractivity contribution in [2.45, 2.75) is 13.5 Å². The average Bonchev–Trinajstić information content (AvgIpc) is 2.75. The van der Waals surface area contributed by atoms with Crippen LogP contribution in [0.25, 0.3) is 4.91 Å². The molecule has 0 aliphatic carbocycles. The van der Waals surface area contributed by atoms with Gasteiger partial charge in [0.15, 0.2) is 0 Å². The van der Waals surface area contributed by atoms with Crippen LogP contribution in [0.5, 0.6) is 0 Å². The van der Waals surface area contributed by atoms with Gasteiger partial charge in [-0.1, -0.05) is 46.3 Å². The van der Waals surface area contributed by atoms with E-state index in [1.165, 1.54) is 6.07 Å². The molecule has 1 N–H and O–H groups in total. The van der Waals surface area contributed by atoms with Crippen LogP contribution in [0.4, 0.5) is 4.39 Å². The molecular weight excluding hydrogens is 395 g/mol. The van der Waals surface area contributed by atoms with Gasteiger partial charge in [-0.15, -0.1) is 0 Å². The van der Waals surface area contributed by atoms with Gasteiger partial charge in [0.2, 0.25) is 0 Å². The zero-order valence-corrected chi connectivity index (χ0v) is 15.2. The van der Waals surface area contributed by atoms with Crippen LogP contribution in [0.1, 0.15) is 18.1 Å². The van der Waals surface area contributed by atoms with Gasteiger partial charge in [-0.05, 0) is 30.7 Å². The smallest absolute Gasteiger partial charge is 0.263 e. The summed E-state index contributed by atoms with van der Waals surface area (Å²) in [6.07, 6.45) is 0. The number of benzene rings is 2. The van der Waals surface area contributed by atoms with E-state index in [0.29, 0.717) is 16.7 Å². The van der Waals surface area contributed by atoms with E-state index in [2.05, 4.69) is 25.6 Å². The van der Waals surface area contributed by atoms with E-state index in [0.717, 1.165) is 4.47 Å². The molecule has 1 aliphatic heterocycles. The molecule has 1 heterocycles. The first-order valence-corrected chi connectivity index (χ1v) is 9.44. The third-order valence-electron chi connectivity index (χ3n) is 3.65. The van der Waals surface area contributed by atoms with Crippen LogP contribution in [-0.2, 0) is 16.6 Å². The first-order valence-electron chi connectivity index (χ1n) is 7.16. The quantitative estimate of drug-likeness (QED) is 0.838. The third-order valence-corrected chi connectivity index (χ3v) is 5.68. The first kappa shape index (κ1) is 16.9. The van der Waals surface area contributed by atoms with Crippen molar-refractivity contribution in [3.63, 3.8) is 0 Å². The summed E-state index contributed by atoms with van der Waals surface area (Å²) in [5.41, 5.74) is 1.50. The van der Waals surface area contributed by atoms with Gasteiger partial charge in [-0.25, -0.2) is 12.8 Å². The van der Waals surface area contributed by atoms with Crippen LogP contribution in [-0.4, -0.2) is 14.3 Å². The fourth-order valence-electron chi connectivity index (χ4n) is 2.51. The number of halogens is 2. The van der Waals surface area contributed by atoms with Gasteiger partial charge in [0, 0.05) is 15.6 Å². The summed E-state index contributed by atoms with van der Waals surface area (Å²) in [5.74, 6) is -0.121. The predicted molar refractivity (Wildman–Crippen MR) is 96.3 cm³/mol. The minimum Gasteiger partial charge on any atom is -0.263 e. The molecule has 124 valence electrons. The van der Waals surface area contributed by atoms with Gasteiger partial charge in [0.1, 0.15) is 16.6 Å². The zero-order valence-electron chi connectivity index (χ0n) is 12.8. The van der Waals surface area contributed by atoms with Crippen molar-refractivity contribution in [2.75, 3.05) is 0 Å². The molecule has 7 heteroatoms. The van der Waals surface area contributed by atoms with E-state index in [1.54, 1.807) is 43.3 Å². The number of hydrogen-bond acceptors (Lipinski definition) is 3. The Bertz CT molecular complexity index is 968. The van der Waals surface area contributed by atoms with E-state index in [-0.39, 0.29) is 23.1 Å². The largest absolute Gasteiger partial charge is 0.264 e. The molecule has 0 fully saturated rings. The number of aliphatic imine (C=N–C) groups is 1. The normalized spacial score (nSPS) is 18.0. The Morgan fingerprint density at radius 3 is 2.62 bits per heavy atom. The summed E-state index contributed by atoms with van der Waals surface area (Å²) in [6.45, 7) is 1.75. The van der Waals surface area contributed by atoms with Gasteiger partial charge in [0.05, 0.1) is 6.54 Å². The summed E-state index contributed by atoms with van der Waals surface area (Å²) in [6, 6.07) is 13.3. The molecule has 0 spiro atoms. The molecule has 0 radical (unpaired) electrons. The Kier molecular flexibility index (Phi) is 4.56. The van der Waals surface area contributed by atoms with Gasteiger partial charge >= 0.3 is 0 Å². The summed E-state index contributed by atoms with van der Waals surface area (Å²) < 4.78 is 41.8. The Balaban J connectivity index is 2.00. The molecule has 0 aromatic heterocycles. The van der Waals surface area contributed by atoms with Gasteiger partial charge < -0.3 is 0 Å². The lowest BCUT2D eigenvalue weighted by Crippen LogP contribution is -2.23. The first-order chi connectivity index (χ1) is 11.4. The van der Waals surface area contributed by atoms with Crippen molar-refractivity contribution in [3.8, 4) is 0 Å². The lowest BCUT2D eigenvalue weighted by Gasteiger charge is -2.03. The maximum Gasteiger partial charge on any atom is 0.264 e. The molecular formula is C17H14BrFN2O2S. The third kappa shape index (κ3) is 3.27. The zero-order chi connectivity index (χ0) is 17.3. The van der Waals surface area contributed by atoms with Crippen molar-refractivity contribution in [2.24, 2.45) is 4.99 Å². The molecule has 0 bridgehead atoms. The molecule has 2 aromatic carbocycles. The SMILES string of the molecule is CC1=C(c2cccc(Br)c2)S(=O)(=O)NC1=NCc1ccccc1F. The van der Waals surface area contributed by atoms with Crippen molar-refractivity contribution in [3.05, 3.63) is 75.5 Å². The molecule has 1 aliphatic rings. The number of nitrogens with one attached hydrogen (secondary N) is 1. The minimum atomic E-state index is -3.69. The van der Waals surface area contributed by atoms with Crippen molar-refractivity contribution in [1.29, 1.82) is 0 Å². The lowest BCUT2D eigenvalue weighted by molar-refractivity contribution is 0.603. The highest BCUT2D eigenvalue weighted by Gasteiger charge is 2.32. The molecule has 0 saturated heterocycles. The Hall–Kier alpha value is -1.99. The van der Waals surface area contributed by atoms with E-state index in [9.17, 15) is 12.8 Å². The fourth-order valence-corrected chi connectivity index (χ4v) is 4.42. The molecule has 0 amide bonds. The maximum atomic E-state index is 13.7. The summed E-state index contributed by atoms with van der Waals surface area (Å²) in [7, 11) is -3.69. The molecule has 0 atom stereocenters. The van der Waals surface area contributed by atoms with Crippen LogP contribution in [0.2, 0.25) is 0 Å². The molecule has 4 nitrogen and oxygen atoms in total. The van der Waals surface area contributed by atoms with Crippen molar-refractivity contribution < 1.29 is 12.8 Å². The summed E-state index contributed by atoms with van der Waals surface area (Å²) in [5, 5.41) is 0. The fraction of sp³-hybridized carbons (Fsp3) is 0.118. The Labute approximate surface area is 148 Å². The van der Waals surface area contributed by atoms with Crippen molar-refractivity contribution >= 4 is 36.7 Å². The Morgan fingerprint density at radius 1 is 1.17 bits per heavy atom. The second-order valence-electron chi connectivity index (χ2n) is 5.33. The van der Waals surface area contributed by atoms with E-state index in [4.69, 9.17) is 0 Å². The Morgan fingerprint density at radius 2 is 1.92 bits per heavy atom. The highest BCUT2D eigenvalue weighted by Crippen LogP contribution is 2.31.